The Hall–Kier alpha value is -1.92. The van der Waals surface area contributed by atoms with Crippen molar-refractivity contribution >= 4 is 42.3 Å². The molecule has 11 nitrogen and oxygen atoms in total. The molecule has 1 aromatic heterocycles. The molecule has 1 heterocycles. The van der Waals surface area contributed by atoms with Crippen LogP contribution in [0, 0.1) is 20.2 Å². The molecule has 1 unspecified atom stereocenters. The smallest absolute Gasteiger partial charge is 0.277 e. The van der Waals surface area contributed by atoms with Crippen LogP contribution in [0.15, 0.2) is 22.7 Å². The molecular formula is C13H15N4O7PS2. The minimum absolute atomic E-state index is 0.00674. The van der Waals surface area contributed by atoms with Crippen LogP contribution in [0.3, 0.4) is 0 Å². The summed E-state index contributed by atoms with van der Waals surface area (Å²) in [6.07, 6.45) is 0. The zero-order valence-corrected chi connectivity index (χ0v) is 16.8. The molecule has 0 fully saturated rings. The predicted octanol–water partition coefficient (Wildman–Crippen LogP) is 3.86. The van der Waals surface area contributed by atoms with Gasteiger partial charge in [0.05, 0.1) is 29.1 Å². The lowest BCUT2D eigenvalue weighted by Crippen LogP contribution is -2.02. The molecular weight excluding hydrogens is 419 g/mol. The van der Waals surface area contributed by atoms with E-state index in [-0.39, 0.29) is 17.3 Å². The normalized spacial score (nSPS) is 12.7. The minimum atomic E-state index is -2.88. The fourth-order valence-electron chi connectivity index (χ4n) is 2.07. The van der Waals surface area contributed by atoms with Crippen molar-refractivity contribution in [1.82, 2.24) is 10.1 Å². The molecule has 0 radical (unpaired) electrons. The maximum atomic E-state index is 11.0. The number of aromatic nitrogens is 2. The van der Waals surface area contributed by atoms with Crippen LogP contribution < -0.4 is 0 Å². The van der Waals surface area contributed by atoms with Gasteiger partial charge in [0.1, 0.15) is 0 Å². The number of hydrogen-bond donors (Lipinski definition) is 1. The second-order valence-electron chi connectivity index (χ2n) is 4.96. The number of nitro groups is 2. The molecule has 0 aliphatic rings. The molecule has 0 aliphatic heterocycles. The molecule has 0 N–H and O–H groups in total. The van der Waals surface area contributed by atoms with Crippen molar-refractivity contribution in [1.29, 1.82) is 0 Å². The Morgan fingerprint density at radius 1 is 1.19 bits per heavy atom. The van der Waals surface area contributed by atoms with Crippen molar-refractivity contribution in [2.45, 2.75) is 18.8 Å². The maximum Gasteiger partial charge on any atom is 0.277 e. The van der Waals surface area contributed by atoms with Gasteiger partial charge in [0, 0.05) is 17.7 Å². The van der Waals surface area contributed by atoms with Crippen LogP contribution >= 0.6 is 19.1 Å². The second-order valence-corrected chi connectivity index (χ2v) is 9.52. The fourth-order valence-corrected chi connectivity index (χ4v) is 4.93. The Morgan fingerprint density at radius 2 is 1.70 bits per heavy atom. The van der Waals surface area contributed by atoms with E-state index in [0.717, 1.165) is 18.2 Å². The van der Waals surface area contributed by atoms with E-state index >= 15 is 0 Å². The van der Waals surface area contributed by atoms with Crippen LogP contribution in [-0.4, -0.2) is 33.2 Å². The van der Waals surface area contributed by atoms with Crippen LogP contribution in [0.1, 0.15) is 24.7 Å². The third kappa shape index (κ3) is 4.87. The summed E-state index contributed by atoms with van der Waals surface area (Å²) in [6, 6.07) is 3.06. The summed E-state index contributed by atoms with van der Waals surface area (Å²) >= 11 is 9.81. The highest BCUT2D eigenvalue weighted by Crippen LogP contribution is 2.62. The molecule has 146 valence electrons. The number of hydrogen-bond acceptors (Lipinski definition) is 11. The molecule has 0 amide bonds. The predicted molar refractivity (Wildman–Crippen MR) is 102 cm³/mol. The van der Waals surface area contributed by atoms with Crippen molar-refractivity contribution in [3.63, 3.8) is 0 Å². The average Bonchev–Trinajstić information content (AvgIpc) is 3.11. The van der Waals surface area contributed by atoms with Crippen LogP contribution in [0.5, 0.6) is 0 Å². The third-order valence-corrected chi connectivity index (χ3v) is 8.09. The van der Waals surface area contributed by atoms with Crippen molar-refractivity contribution in [2.24, 2.45) is 0 Å². The Kier molecular flexibility index (Phi) is 7.00. The molecule has 0 bridgehead atoms. The summed E-state index contributed by atoms with van der Waals surface area (Å²) in [4.78, 5) is 23.8. The summed E-state index contributed by atoms with van der Waals surface area (Å²) in [5.74, 6) is -0.0851. The van der Waals surface area contributed by atoms with Gasteiger partial charge in [0.25, 0.3) is 11.4 Å². The van der Waals surface area contributed by atoms with E-state index in [4.69, 9.17) is 25.4 Å². The first-order chi connectivity index (χ1) is 12.7. The van der Waals surface area contributed by atoms with Gasteiger partial charge >= 0.3 is 0 Å². The van der Waals surface area contributed by atoms with Gasteiger partial charge in [-0.05, 0) is 25.7 Å². The van der Waals surface area contributed by atoms with Crippen molar-refractivity contribution in [3.8, 4) is 11.4 Å². The number of non-ortho nitro benzene ring substituents is 2. The number of nitrogens with zero attached hydrogens (tertiary/aromatic N) is 4. The van der Waals surface area contributed by atoms with Crippen molar-refractivity contribution in [3.05, 3.63) is 44.3 Å². The van der Waals surface area contributed by atoms with E-state index in [0.29, 0.717) is 13.2 Å². The topological polar surface area (TPSA) is 144 Å². The van der Waals surface area contributed by atoms with E-state index in [9.17, 15) is 20.2 Å². The van der Waals surface area contributed by atoms with Crippen LogP contribution in [0.2, 0.25) is 0 Å². The Balaban J connectivity index is 2.44. The van der Waals surface area contributed by atoms with Crippen molar-refractivity contribution < 1.29 is 23.4 Å². The van der Waals surface area contributed by atoms with E-state index in [1.807, 2.05) is 0 Å². The first-order valence-electron chi connectivity index (χ1n) is 7.56. The highest BCUT2D eigenvalue weighted by molar-refractivity contribution is 8.14. The lowest BCUT2D eigenvalue weighted by Gasteiger charge is -2.24. The SMILES string of the molecule is CCOP(=S)(OCC)C(S)c1nc(-c2cc([N+](=O)[O-])cc([N+](=O)[O-])c2)no1. The molecule has 0 spiro atoms. The molecule has 27 heavy (non-hydrogen) atoms. The van der Waals surface area contributed by atoms with Gasteiger partial charge in [-0.2, -0.15) is 17.6 Å². The van der Waals surface area contributed by atoms with Gasteiger partial charge in [-0.25, -0.2) is 0 Å². The molecule has 0 saturated carbocycles. The molecule has 14 heteroatoms. The molecule has 2 aromatic rings. The van der Waals surface area contributed by atoms with Gasteiger partial charge in [-0.15, -0.1) is 0 Å². The maximum absolute atomic E-state index is 11.0. The van der Waals surface area contributed by atoms with Crippen LogP contribution in [0.25, 0.3) is 11.4 Å². The Bertz CT molecular complexity index is 864. The first kappa shape index (κ1) is 21.4. The van der Waals surface area contributed by atoms with Gasteiger partial charge in [-0.3, -0.25) is 20.2 Å². The van der Waals surface area contributed by atoms with Crippen molar-refractivity contribution in [2.75, 3.05) is 13.2 Å². The second kappa shape index (κ2) is 8.85. The lowest BCUT2D eigenvalue weighted by molar-refractivity contribution is -0.394. The molecule has 2 rings (SSSR count). The fraction of sp³-hybridized carbons (Fsp3) is 0.385. The number of nitro benzene ring substituents is 2. The first-order valence-corrected chi connectivity index (χ1v) is 10.8. The van der Waals surface area contributed by atoms with E-state index < -0.39 is 32.7 Å². The van der Waals surface area contributed by atoms with Gasteiger partial charge in [0.15, 0.2) is 4.99 Å². The van der Waals surface area contributed by atoms with Gasteiger partial charge < -0.3 is 13.6 Å². The molecule has 1 atom stereocenters. The average molecular weight is 434 g/mol. The summed E-state index contributed by atoms with van der Waals surface area (Å²) in [5.41, 5.74) is -0.893. The largest absolute Gasteiger partial charge is 0.337 e. The molecule has 1 aromatic carbocycles. The standard InChI is InChI=1S/C13H15N4O7PS2/c1-3-22-25(27,23-4-2)13(26)12-14-11(15-24-12)8-5-9(16(18)19)7-10(6-8)17(20)21/h5-7,13,26H,3-4H2,1-2H3. The summed E-state index contributed by atoms with van der Waals surface area (Å²) in [7, 11) is 0. The van der Waals surface area contributed by atoms with Crippen LogP contribution in [-0.2, 0) is 20.9 Å². The Morgan fingerprint density at radius 3 is 2.15 bits per heavy atom. The zero-order chi connectivity index (χ0) is 20.2. The summed E-state index contributed by atoms with van der Waals surface area (Å²) < 4.78 is 16.2. The van der Waals surface area contributed by atoms with Gasteiger partial charge in [0.2, 0.25) is 18.2 Å². The zero-order valence-electron chi connectivity index (χ0n) is 14.2. The van der Waals surface area contributed by atoms with Gasteiger partial charge in [-0.1, -0.05) is 5.16 Å². The highest BCUT2D eigenvalue weighted by Gasteiger charge is 2.34. The van der Waals surface area contributed by atoms with E-state index in [1.165, 1.54) is 0 Å². The van der Waals surface area contributed by atoms with Crippen LogP contribution in [0.4, 0.5) is 11.4 Å². The van der Waals surface area contributed by atoms with E-state index in [1.54, 1.807) is 13.8 Å². The van der Waals surface area contributed by atoms with E-state index in [2.05, 4.69) is 22.8 Å². The number of thiol groups is 1. The quantitative estimate of drug-likeness (QED) is 0.267. The number of rotatable bonds is 9. The minimum Gasteiger partial charge on any atom is -0.337 e. The monoisotopic (exact) mass is 434 g/mol. The Labute approximate surface area is 163 Å². The number of benzene rings is 1. The summed E-state index contributed by atoms with van der Waals surface area (Å²) in [6.45, 7) is 1.22. The lowest BCUT2D eigenvalue weighted by atomic mass is 10.1. The third-order valence-electron chi connectivity index (χ3n) is 3.16. The summed E-state index contributed by atoms with van der Waals surface area (Å²) in [5, 5.41) is 25.7. The molecule has 0 saturated heterocycles. The highest BCUT2D eigenvalue weighted by atomic mass is 32.5. The molecule has 0 aliphatic carbocycles.